The Kier molecular flexibility index (Phi) is 3.77. The summed E-state index contributed by atoms with van der Waals surface area (Å²) in [7, 11) is 0. The van der Waals surface area contributed by atoms with Crippen molar-refractivity contribution in [2.45, 2.75) is 12.8 Å². The Labute approximate surface area is 187 Å². The molecule has 2 aliphatic rings. The number of hydrogen-bond acceptors (Lipinski definition) is 0. The van der Waals surface area contributed by atoms with Crippen LogP contribution in [0.2, 0.25) is 0 Å². The molecule has 0 fully saturated rings. The lowest BCUT2D eigenvalue weighted by molar-refractivity contribution is 1.09. The summed E-state index contributed by atoms with van der Waals surface area (Å²) >= 11 is 0. The van der Waals surface area contributed by atoms with E-state index in [0.717, 1.165) is 12.8 Å². The van der Waals surface area contributed by atoms with E-state index in [1.165, 1.54) is 65.7 Å². The van der Waals surface area contributed by atoms with Crippen molar-refractivity contribution in [3.8, 4) is 33.4 Å². The highest BCUT2D eigenvalue weighted by Gasteiger charge is 2.30. The van der Waals surface area contributed by atoms with Crippen molar-refractivity contribution in [3.05, 3.63) is 119 Å². The molecular formula is C32H22. The summed E-state index contributed by atoms with van der Waals surface area (Å²) in [5.74, 6) is 0. The molecule has 0 amide bonds. The fourth-order valence-electron chi connectivity index (χ4n) is 5.85. The predicted octanol–water partition coefficient (Wildman–Crippen LogP) is 6.93. The quantitative estimate of drug-likeness (QED) is 0.298. The molecule has 2 aliphatic carbocycles. The van der Waals surface area contributed by atoms with E-state index < -0.39 is 0 Å². The second-order valence-electron chi connectivity index (χ2n) is 8.77. The van der Waals surface area contributed by atoms with Crippen LogP contribution in [0.5, 0.6) is 0 Å². The molecule has 0 atom stereocenters. The zero-order valence-corrected chi connectivity index (χ0v) is 17.8. The first-order valence-electron chi connectivity index (χ1n) is 11.4. The van der Waals surface area contributed by atoms with Crippen LogP contribution in [0.3, 0.4) is 0 Å². The topological polar surface area (TPSA) is 0 Å². The lowest BCUT2D eigenvalue weighted by Crippen LogP contribution is -2.28. The third-order valence-electron chi connectivity index (χ3n) is 7.07. The molecule has 0 aromatic heterocycles. The Bertz CT molecular complexity index is 1640. The Morgan fingerprint density at radius 3 is 1.72 bits per heavy atom. The Morgan fingerprint density at radius 2 is 1.06 bits per heavy atom. The zero-order chi connectivity index (χ0) is 21.1. The van der Waals surface area contributed by atoms with Gasteiger partial charge in [0.2, 0.25) is 0 Å². The van der Waals surface area contributed by atoms with Gasteiger partial charge in [-0.1, -0.05) is 109 Å². The molecule has 0 N–H and O–H groups in total. The van der Waals surface area contributed by atoms with Crippen molar-refractivity contribution in [1.82, 2.24) is 0 Å². The van der Waals surface area contributed by atoms with Gasteiger partial charge in [0.05, 0.1) is 0 Å². The van der Waals surface area contributed by atoms with Crippen LogP contribution in [-0.2, 0) is 0 Å². The van der Waals surface area contributed by atoms with E-state index in [4.69, 9.17) is 0 Å². The van der Waals surface area contributed by atoms with Crippen molar-refractivity contribution < 1.29 is 0 Å². The first-order chi connectivity index (χ1) is 15.9. The first kappa shape index (κ1) is 17.7. The van der Waals surface area contributed by atoms with Gasteiger partial charge in [0.15, 0.2) is 0 Å². The predicted molar refractivity (Wildman–Crippen MR) is 136 cm³/mol. The normalized spacial score (nSPS) is 13.6. The second kappa shape index (κ2) is 6.80. The van der Waals surface area contributed by atoms with Crippen LogP contribution in [0.15, 0.2) is 103 Å². The van der Waals surface area contributed by atoms with E-state index in [0.29, 0.717) is 0 Å². The summed E-state index contributed by atoms with van der Waals surface area (Å²) in [5, 5.41) is 5.52. The van der Waals surface area contributed by atoms with Crippen LogP contribution >= 0.6 is 0 Å². The fraction of sp³-hybridized carbons (Fsp3) is 0.0625. The Hall–Kier alpha value is -3.90. The van der Waals surface area contributed by atoms with Gasteiger partial charge in [0.1, 0.15) is 0 Å². The van der Waals surface area contributed by atoms with Gasteiger partial charge in [0.25, 0.3) is 0 Å². The number of rotatable bonds is 2. The van der Waals surface area contributed by atoms with E-state index in [1.807, 2.05) is 0 Å². The highest BCUT2D eigenvalue weighted by atomic mass is 14.3. The summed E-state index contributed by atoms with van der Waals surface area (Å²) in [6, 6.07) is 37.7. The van der Waals surface area contributed by atoms with Gasteiger partial charge in [-0.2, -0.15) is 0 Å². The first-order valence-corrected chi connectivity index (χ1v) is 11.4. The van der Waals surface area contributed by atoms with Crippen molar-refractivity contribution in [2.24, 2.45) is 0 Å². The van der Waals surface area contributed by atoms with Crippen LogP contribution in [-0.4, -0.2) is 0 Å². The van der Waals surface area contributed by atoms with Crippen molar-refractivity contribution >= 4 is 22.4 Å². The van der Waals surface area contributed by atoms with E-state index in [-0.39, 0.29) is 0 Å². The van der Waals surface area contributed by atoms with Gasteiger partial charge >= 0.3 is 0 Å². The van der Waals surface area contributed by atoms with Crippen LogP contribution < -0.4 is 10.4 Å². The maximum atomic E-state index is 2.41. The van der Waals surface area contributed by atoms with Crippen LogP contribution in [0.4, 0.5) is 0 Å². The summed E-state index contributed by atoms with van der Waals surface area (Å²) in [6.07, 6.45) is 4.62. The molecule has 150 valence electrons. The third-order valence-corrected chi connectivity index (χ3v) is 7.07. The van der Waals surface area contributed by atoms with Crippen molar-refractivity contribution in [3.63, 3.8) is 0 Å². The van der Waals surface area contributed by atoms with Crippen LogP contribution in [0.1, 0.15) is 18.4 Å². The minimum Gasteiger partial charge on any atom is -0.0763 e. The SMILES string of the molecule is C1=c2cccc3c2=C(CC1)c1c-3c(-c2ccccc2)c2ccccc2c1-c1ccccc1. The van der Waals surface area contributed by atoms with Gasteiger partial charge < -0.3 is 0 Å². The van der Waals surface area contributed by atoms with E-state index in [2.05, 4.69) is 109 Å². The number of fused-ring (bicyclic) bond motifs is 4. The summed E-state index contributed by atoms with van der Waals surface area (Å²) in [5.41, 5.74) is 11.1. The van der Waals surface area contributed by atoms with Crippen molar-refractivity contribution in [2.75, 3.05) is 0 Å². The van der Waals surface area contributed by atoms with Gasteiger partial charge in [-0.05, 0) is 78.6 Å². The molecule has 0 saturated heterocycles. The van der Waals surface area contributed by atoms with E-state index in [9.17, 15) is 0 Å². The maximum Gasteiger partial charge on any atom is -0.00108 e. The van der Waals surface area contributed by atoms with Crippen LogP contribution in [0.25, 0.3) is 55.8 Å². The average Bonchev–Trinajstić information content (AvgIpc) is 3.19. The molecule has 0 nitrogen and oxygen atoms in total. The van der Waals surface area contributed by atoms with E-state index >= 15 is 0 Å². The second-order valence-corrected chi connectivity index (χ2v) is 8.77. The molecule has 0 heteroatoms. The molecule has 0 heterocycles. The molecule has 0 unspecified atom stereocenters. The van der Waals surface area contributed by atoms with Gasteiger partial charge in [0, 0.05) is 0 Å². The van der Waals surface area contributed by atoms with Gasteiger partial charge in [-0.25, -0.2) is 0 Å². The number of hydrogen-bond donors (Lipinski definition) is 0. The van der Waals surface area contributed by atoms with Crippen molar-refractivity contribution in [1.29, 1.82) is 0 Å². The third kappa shape index (κ3) is 2.38. The smallest absolute Gasteiger partial charge is 0.00108 e. The Balaban J connectivity index is 1.77. The molecule has 0 radical (unpaired) electrons. The lowest BCUT2D eigenvalue weighted by Gasteiger charge is -2.21. The van der Waals surface area contributed by atoms with Crippen LogP contribution in [0, 0.1) is 0 Å². The molecular weight excluding hydrogens is 384 g/mol. The Morgan fingerprint density at radius 1 is 0.469 bits per heavy atom. The zero-order valence-electron chi connectivity index (χ0n) is 17.8. The van der Waals surface area contributed by atoms with Gasteiger partial charge in [-0.3, -0.25) is 0 Å². The van der Waals surface area contributed by atoms with Gasteiger partial charge in [-0.15, -0.1) is 0 Å². The standard InChI is InChI=1S/C32H22/c1-3-11-22(12-4-1)29-24-17-7-8-18-25(24)30(23-13-5-2-6-14-23)32-27-20-10-16-21-15-9-19-26(28(21)27)31(29)32/h1-9,11-19H,10,20H2. The molecule has 5 aromatic carbocycles. The summed E-state index contributed by atoms with van der Waals surface area (Å²) in [6.45, 7) is 0. The average molecular weight is 407 g/mol. The fourth-order valence-corrected chi connectivity index (χ4v) is 5.85. The molecule has 0 saturated carbocycles. The highest BCUT2D eigenvalue weighted by Crippen LogP contribution is 2.50. The minimum absolute atomic E-state index is 1.10. The minimum atomic E-state index is 1.10. The molecule has 0 bridgehead atoms. The lowest BCUT2D eigenvalue weighted by atomic mass is 9.81. The number of benzene rings is 5. The van der Waals surface area contributed by atoms with E-state index in [1.54, 1.807) is 0 Å². The highest BCUT2D eigenvalue weighted by molar-refractivity contribution is 6.17. The maximum absolute atomic E-state index is 2.41. The molecule has 32 heavy (non-hydrogen) atoms. The molecule has 7 rings (SSSR count). The summed E-state index contributed by atoms with van der Waals surface area (Å²) in [4.78, 5) is 0. The molecule has 0 spiro atoms. The largest absolute Gasteiger partial charge is 0.0763 e. The summed E-state index contributed by atoms with van der Waals surface area (Å²) < 4.78 is 0. The monoisotopic (exact) mass is 406 g/mol. The molecule has 5 aromatic rings. The molecule has 0 aliphatic heterocycles.